The molecule has 0 aliphatic carbocycles. The fourth-order valence-electron chi connectivity index (χ4n) is 2.06. The number of carbonyl (C=O) groups is 1. The highest BCUT2D eigenvalue weighted by molar-refractivity contribution is 5.76. The number of aromatic nitrogens is 2. The number of aliphatic carboxylic acids is 1. The number of aryl methyl sites for hydroxylation is 2. The molecule has 1 heterocycles. The molecule has 2 rings (SSSR count). The van der Waals surface area contributed by atoms with Gasteiger partial charge in [0, 0.05) is 18.2 Å². The van der Waals surface area contributed by atoms with Crippen molar-refractivity contribution in [2.24, 2.45) is 7.05 Å². The van der Waals surface area contributed by atoms with Gasteiger partial charge in [0.1, 0.15) is 5.82 Å². The molecule has 4 nitrogen and oxygen atoms in total. The van der Waals surface area contributed by atoms with Crippen LogP contribution in [0.2, 0.25) is 0 Å². The monoisotopic (exact) mass is 248 g/mol. The number of carboxylic acid groups (broad SMARTS) is 1. The van der Waals surface area contributed by atoms with Crippen LogP contribution in [0.3, 0.4) is 0 Å². The van der Waals surface area contributed by atoms with Crippen molar-refractivity contribution in [2.75, 3.05) is 0 Å². The van der Waals surface area contributed by atoms with Crippen LogP contribution in [0.5, 0.6) is 0 Å². The normalized spacial score (nSPS) is 10.6. The minimum absolute atomic E-state index is 0.120. The first-order valence-electron chi connectivity index (χ1n) is 5.49. The third-order valence-electron chi connectivity index (χ3n) is 2.77. The van der Waals surface area contributed by atoms with Crippen molar-refractivity contribution < 1.29 is 14.3 Å². The lowest BCUT2D eigenvalue weighted by atomic mass is 10.0. The molecule has 0 spiro atoms. The summed E-state index contributed by atoms with van der Waals surface area (Å²) in [6, 6.07) is 6.06. The van der Waals surface area contributed by atoms with Crippen molar-refractivity contribution in [2.45, 2.75) is 13.3 Å². The van der Waals surface area contributed by atoms with Crippen LogP contribution in [-0.2, 0) is 18.3 Å². The molecule has 18 heavy (non-hydrogen) atoms. The molecular formula is C13H13FN2O2. The van der Waals surface area contributed by atoms with Crippen LogP contribution in [0.4, 0.5) is 4.39 Å². The highest BCUT2D eigenvalue weighted by Crippen LogP contribution is 2.26. The van der Waals surface area contributed by atoms with E-state index >= 15 is 0 Å². The van der Waals surface area contributed by atoms with Gasteiger partial charge in [-0.2, -0.15) is 5.10 Å². The summed E-state index contributed by atoms with van der Waals surface area (Å²) in [5, 5.41) is 13.1. The molecule has 1 N–H and O–H groups in total. The zero-order valence-electron chi connectivity index (χ0n) is 10.1. The summed E-state index contributed by atoms with van der Waals surface area (Å²) >= 11 is 0. The van der Waals surface area contributed by atoms with E-state index in [0.29, 0.717) is 22.5 Å². The van der Waals surface area contributed by atoms with Crippen LogP contribution >= 0.6 is 0 Å². The van der Waals surface area contributed by atoms with E-state index in [4.69, 9.17) is 5.11 Å². The minimum atomic E-state index is -0.927. The van der Waals surface area contributed by atoms with Crippen LogP contribution in [-0.4, -0.2) is 20.9 Å². The van der Waals surface area contributed by atoms with Gasteiger partial charge in [-0.25, -0.2) is 4.39 Å². The van der Waals surface area contributed by atoms with Crippen molar-refractivity contribution >= 4 is 5.97 Å². The molecule has 0 unspecified atom stereocenters. The number of carboxylic acids is 1. The van der Waals surface area contributed by atoms with Gasteiger partial charge in [-0.3, -0.25) is 9.48 Å². The Labute approximate surface area is 104 Å². The summed E-state index contributed by atoms with van der Waals surface area (Å²) in [6.07, 6.45) is -0.120. The fourth-order valence-corrected chi connectivity index (χ4v) is 2.06. The second-order valence-electron chi connectivity index (χ2n) is 4.12. The Hall–Kier alpha value is -2.17. The van der Waals surface area contributed by atoms with Crippen LogP contribution < -0.4 is 0 Å². The van der Waals surface area contributed by atoms with Crippen LogP contribution in [0, 0.1) is 12.7 Å². The summed E-state index contributed by atoms with van der Waals surface area (Å²) in [4.78, 5) is 10.9. The number of benzene rings is 1. The first-order chi connectivity index (χ1) is 8.49. The molecule has 0 saturated heterocycles. The van der Waals surface area contributed by atoms with E-state index < -0.39 is 5.97 Å². The van der Waals surface area contributed by atoms with Crippen molar-refractivity contribution in [3.05, 3.63) is 41.3 Å². The lowest BCUT2D eigenvalue weighted by Gasteiger charge is -2.05. The number of hydrogen-bond acceptors (Lipinski definition) is 2. The van der Waals surface area contributed by atoms with Crippen molar-refractivity contribution in [1.82, 2.24) is 9.78 Å². The van der Waals surface area contributed by atoms with Gasteiger partial charge in [-0.15, -0.1) is 0 Å². The van der Waals surface area contributed by atoms with E-state index in [1.807, 2.05) is 0 Å². The molecule has 5 heteroatoms. The zero-order valence-corrected chi connectivity index (χ0v) is 10.1. The third kappa shape index (κ3) is 2.25. The minimum Gasteiger partial charge on any atom is -0.481 e. The maximum absolute atomic E-state index is 13.2. The number of halogens is 1. The Balaban J connectivity index is 2.59. The quantitative estimate of drug-likeness (QED) is 0.905. The maximum atomic E-state index is 13.2. The number of hydrogen-bond donors (Lipinski definition) is 1. The Morgan fingerprint density at radius 2 is 2.22 bits per heavy atom. The third-order valence-corrected chi connectivity index (χ3v) is 2.77. The summed E-state index contributed by atoms with van der Waals surface area (Å²) in [5.74, 6) is -1.28. The van der Waals surface area contributed by atoms with E-state index in [9.17, 15) is 9.18 Å². The molecule has 0 atom stereocenters. The Morgan fingerprint density at radius 1 is 1.50 bits per heavy atom. The van der Waals surface area contributed by atoms with Gasteiger partial charge in [0.25, 0.3) is 0 Å². The van der Waals surface area contributed by atoms with E-state index in [-0.39, 0.29) is 12.2 Å². The second kappa shape index (κ2) is 4.60. The average Bonchev–Trinajstić information content (AvgIpc) is 2.53. The summed E-state index contributed by atoms with van der Waals surface area (Å²) in [6.45, 7) is 1.75. The van der Waals surface area contributed by atoms with Gasteiger partial charge in [0.2, 0.25) is 0 Å². The van der Waals surface area contributed by atoms with E-state index in [1.165, 1.54) is 12.1 Å². The van der Waals surface area contributed by atoms with Gasteiger partial charge in [-0.1, -0.05) is 12.1 Å². The molecule has 0 aliphatic rings. The lowest BCUT2D eigenvalue weighted by molar-refractivity contribution is -0.136. The van der Waals surface area contributed by atoms with Crippen molar-refractivity contribution in [3.63, 3.8) is 0 Å². The summed E-state index contributed by atoms with van der Waals surface area (Å²) in [5.41, 5.74) is 2.55. The van der Waals surface area contributed by atoms with Gasteiger partial charge in [0.05, 0.1) is 17.8 Å². The summed E-state index contributed by atoms with van der Waals surface area (Å²) < 4.78 is 14.8. The topological polar surface area (TPSA) is 55.1 Å². The maximum Gasteiger partial charge on any atom is 0.307 e. The standard InChI is InChI=1S/C13H13FN2O2/c1-8-11(7-12(17)18)13(16(2)15-8)9-4-3-5-10(14)6-9/h3-6H,7H2,1-2H3,(H,17,18). The van der Waals surface area contributed by atoms with Gasteiger partial charge < -0.3 is 5.11 Å². The van der Waals surface area contributed by atoms with Crippen LogP contribution in [0.1, 0.15) is 11.3 Å². The molecule has 0 amide bonds. The first kappa shape index (κ1) is 12.3. The second-order valence-corrected chi connectivity index (χ2v) is 4.12. The first-order valence-corrected chi connectivity index (χ1v) is 5.49. The molecule has 1 aromatic carbocycles. The zero-order chi connectivity index (χ0) is 13.3. The van der Waals surface area contributed by atoms with Gasteiger partial charge in [0.15, 0.2) is 0 Å². The highest BCUT2D eigenvalue weighted by atomic mass is 19.1. The fraction of sp³-hybridized carbons (Fsp3) is 0.231. The van der Waals surface area contributed by atoms with E-state index in [2.05, 4.69) is 5.10 Å². The van der Waals surface area contributed by atoms with E-state index in [1.54, 1.807) is 30.8 Å². The molecular weight excluding hydrogens is 235 g/mol. The predicted molar refractivity (Wildman–Crippen MR) is 64.7 cm³/mol. The smallest absolute Gasteiger partial charge is 0.307 e. The Morgan fingerprint density at radius 3 is 2.83 bits per heavy atom. The van der Waals surface area contributed by atoms with Crippen molar-refractivity contribution in [1.29, 1.82) is 0 Å². The molecule has 0 saturated carbocycles. The predicted octanol–water partition coefficient (Wildman–Crippen LogP) is 2.16. The Kier molecular flexibility index (Phi) is 3.14. The summed E-state index contributed by atoms with van der Waals surface area (Å²) in [7, 11) is 1.72. The van der Waals surface area contributed by atoms with E-state index in [0.717, 1.165) is 0 Å². The van der Waals surface area contributed by atoms with Crippen LogP contribution in [0.25, 0.3) is 11.3 Å². The molecule has 0 fully saturated rings. The Bertz CT molecular complexity index is 605. The molecule has 0 radical (unpaired) electrons. The molecule has 2 aromatic rings. The average molecular weight is 248 g/mol. The van der Waals surface area contributed by atoms with Gasteiger partial charge >= 0.3 is 5.97 Å². The highest BCUT2D eigenvalue weighted by Gasteiger charge is 2.17. The molecule has 0 bridgehead atoms. The van der Waals surface area contributed by atoms with Crippen molar-refractivity contribution in [3.8, 4) is 11.3 Å². The molecule has 0 aliphatic heterocycles. The largest absolute Gasteiger partial charge is 0.481 e. The number of nitrogens with zero attached hydrogens (tertiary/aromatic N) is 2. The molecule has 1 aromatic heterocycles. The van der Waals surface area contributed by atoms with Gasteiger partial charge in [-0.05, 0) is 19.1 Å². The molecule has 94 valence electrons. The SMILES string of the molecule is Cc1nn(C)c(-c2cccc(F)c2)c1CC(=O)O. The number of rotatable bonds is 3. The lowest BCUT2D eigenvalue weighted by Crippen LogP contribution is -2.03. The van der Waals surface area contributed by atoms with Crippen LogP contribution in [0.15, 0.2) is 24.3 Å².